The van der Waals surface area contributed by atoms with E-state index in [1.165, 1.54) is 11.1 Å². The van der Waals surface area contributed by atoms with Crippen molar-refractivity contribution >= 4 is 16.4 Å². The van der Waals surface area contributed by atoms with Crippen LogP contribution in [0.2, 0.25) is 0 Å². The predicted octanol–water partition coefficient (Wildman–Crippen LogP) is 6.22. The topological polar surface area (TPSA) is 26.5 Å². The van der Waals surface area contributed by atoms with Gasteiger partial charge in [0.2, 0.25) is 0 Å². The SMILES string of the molecule is CCOc1ccc2c(ccn3cc(-c4ccc(-c5ccccc5)cc4)nc23)c1. The van der Waals surface area contributed by atoms with Gasteiger partial charge in [0, 0.05) is 23.3 Å². The molecule has 136 valence electrons. The van der Waals surface area contributed by atoms with Crippen molar-refractivity contribution in [1.29, 1.82) is 0 Å². The van der Waals surface area contributed by atoms with Crippen molar-refractivity contribution in [2.45, 2.75) is 6.92 Å². The van der Waals surface area contributed by atoms with Gasteiger partial charge in [0.15, 0.2) is 0 Å². The molecule has 0 amide bonds. The maximum atomic E-state index is 5.62. The second-order valence-corrected chi connectivity index (χ2v) is 6.80. The quantitative estimate of drug-likeness (QED) is 0.378. The Labute approximate surface area is 163 Å². The summed E-state index contributed by atoms with van der Waals surface area (Å²) in [6.07, 6.45) is 4.14. The molecule has 3 heteroatoms. The van der Waals surface area contributed by atoms with Crippen molar-refractivity contribution in [2.24, 2.45) is 0 Å². The summed E-state index contributed by atoms with van der Waals surface area (Å²) < 4.78 is 7.71. The van der Waals surface area contributed by atoms with Crippen molar-refractivity contribution < 1.29 is 4.74 Å². The van der Waals surface area contributed by atoms with Crippen molar-refractivity contribution in [1.82, 2.24) is 9.38 Å². The molecule has 0 N–H and O–H groups in total. The number of rotatable bonds is 4. The number of benzene rings is 3. The highest BCUT2D eigenvalue weighted by molar-refractivity contribution is 5.95. The van der Waals surface area contributed by atoms with Crippen LogP contribution in [-0.4, -0.2) is 16.0 Å². The summed E-state index contributed by atoms with van der Waals surface area (Å²) in [5.74, 6) is 0.891. The summed E-state index contributed by atoms with van der Waals surface area (Å²) in [7, 11) is 0. The smallest absolute Gasteiger partial charge is 0.145 e. The summed E-state index contributed by atoms with van der Waals surface area (Å²) in [6, 6.07) is 27.3. The van der Waals surface area contributed by atoms with E-state index in [0.717, 1.165) is 33.4 Å². The van der Waals surface area contributed by atoms with Gasteiger partial charge in [-0.25, -0.2) is 4.98 Å². The molecule has 2 heterocycles. The van der Waals surface area contributed by atoms with Gasteiger partial charge in [-0.3, -0.25) is 0 Å². The van der Waals surface area contributed by atoms with E-state index in [2.05, 4.69) is 83.5 Å². The van der Waals surface area contributed by atoms with Crippen LogP contribution in [0.5, 0.6) is 5.75 Å². The zero-order valence-electron chi connectivity index (χ0n) is 15.7. The van der Waals surface area contributed by atoms with Gasteiger partial charge in [0.1, 0.15) is 11.4 Å². The Kier molecular flexibility index (Phi) is 4.06. The second kappa shape index (κ2) is 6.86. The lowest BCUT2D eigenvalue weighted by atomic mass is 10.0. The zero-order chi connectivity index (χ0) is 18.9. The van der Waals surface area contributed by atoms with Gasteiger partial charge in [0.25, 0.3) is 0 Å². The molecule has 0 saturated carbocycles. The number of pyridine rings is 1. The summed E-state index contributed by atoms with van der Waals surface area (Å²) >= 11 is 0. The fourth-order valence-corrected chi connectivity index (χ4v) is 3.61. The number of fused-ring (bicyclic) bond motifs is 3. The van der Waals surface area contributed by atoms with Crippen molar-refractivity contribution in [2.75, 3.05) is 6.61 Å². The first-order valence-electron chi connectivity index (χ1n) is 9.52. The molecule has 0 radical (unpaired) electrons. The van der Waals surface area contributed by atoms with E-state index in [1.54, 1.807) is 0 Å². The van der Waals surface area contributed by atoms with E-state index in [0.29, 0.717) is 6.61 Å². The standard InChI is InChI=1S/C25H20N2O/c1-2-28-22-12-13-23-21(16-22)14-15-27-17-24(26-25(23)27)20-10-8-19(9-11-20)18-6-4-3-5-7-18/h3-17H,2H2,1H3. The molecule has 28 heavy (non-hydrogen) atoms. The lowest BCUT2D eigenvalue weighted by Crippen LogP contribution is -1.91. The molecule has 5 rings (SSSR count). The van der Waals surface area contributed by atoms with Crippen LogP contribution in [0.15, 0.2) is 91.3 Å². The van der Waals surface area contributed by atoms with Crippen LogP contribution < -0.4 is 4.74 Å². The summed E-state index contributed by atoms with van der Waals surface area (Å²) in [4.78, 5) is 4.91. The summed E-state index contributed by atoms with van der Waals surface area (Å²) in [6.45, 7) is 2.66. The molecule has 0 fully saturated rings. The Morgan fingerprint density at radius 1 is 0.821 bits per heavy atom. The average Bonchev–Trinajstić information content (AvgIpc) is 3.19. The van der Waals surface area contributed by atoms with E-state index < -0.39 is 0 Å². The van der Waals surface area contributed by atoms with E-state index >= 15 is 0 Å². The Morgan fingerprint density at radius 2 is 1.57 bits per heavy atom. The minimum absolute atomic E-state index is 0.667. The minimum Gasteiger partial charge on any atom is -0.494 e. The van der Waals surface area contributed by atoms with E-state index in [4.69, 9.17) is 9.72 Å². The molecule has 0 atom stereocenters. The lowest BCUT2D eigenvalue weighted by molar-refractivity contribution is 0.341. The number of hydrogen-bond acceptors (Lipinski definition) is 2. The molecule has 3 aromatic carbocycles. The fourth-order valence-electron chi connectivity index (χ4n) is 3.61. The molecule has 0 spiro atoms. The fraction of sp³-hybridized carbons (Fsp3) is 0.0800. The zero-order valence-corrected chi connectivity index (χ0v) is 15.7. The molecule has 0 aliphatic rings. The predicted molar refractivity (Wildman–Crippen MR) is 115 cm³/mol. The van der Waals surface area contributed by atoms with Gasteiger partial charge in [-0.05, 0) is 47.7 Å². The van der Waals surface area contributed by atoms with Crippen LogP contribution in [0.25, 0.3) is 38.8 Å². The molecule has 0 unspecified atom stereocenters. The van der Waals surface area contributed by atoms with Gasteiger partial charge in [0.05, 0.1) is 12.3 Å². The maximum absolute atomic E-state index is 5.62. The first-order valence-corrected chi connectivity index (χ1v) is 9.52. The Bertz CT molecular complexity index is 1250. The normalized spacial score (nSPS) is 11.2. The third-order valence-corrected chi connectivity index (χ3v) is 5.01. The third-order valence-electron chi connectivity index (χ3n) is 5.01. The lowest BCUT2D eigenvalue weighted by Gasteiger charge is -2.05. The molecule has 0 saturated heterocycles. The van der Waals surface area contributed by atoms with Crippen LogP contribution in [-0.2, 0) is 0 Å². The van der Waals surface area contributed by atoms with Gasteiger partial charge in [-0.1, -0.05) is 54.6 Å². The number of aromatic nitrogens is 2. The Morgan fingerprint density at radius 3 is 2.36 bits per heavy atom. The third kappa shape index (κ3) is 2.91. The number of ether oxygens (including phenoxy) is 1. The van der Waals surface area contributed by atoms with Crippen molar-refractivity contribution in [3.05, 3.63) is 91.3 Å². The van der Waals surface area contributed by atoms with Crippen molar-refractivity contribution in [3.63, 3.8) is 0 Å². The van der Waals surface area contributed by atoms with Crippen LogP contribution in [0.4, 0.5) is 0 Å². The summed E-state index contributed by atoms with van der Waals surface area (Å²) in [5, 5.41) is 2.26. The van der Waals surface area contributed by atoms with E-state index in [9.17, 15) is 0 Å². The van der Waals surface area contributed by atoms with Crippen LogP contribution in [0.3, 0.4) is 0 Å². The molecule has 0 bridgehead atoms. The highest BCUT2D eigenvalue weighted by Crippen LogP contribution is 2.28. The first-order chi connectivity index (χ1) is 13.8. The Balaban J connectivity index is 1.55. The maximum Gasteiger partial charge on any atom is 0.145 e. The Hall–Kier alpha value is -3.59. The van der Waals surface area contributed by atoms with Gasteiger partial charge < -0.3 is 9.14 Å². The number of hydrogen-bond donors (Lipinski definition) is 0. The monoisotopic (exact) mass is 364 g/mol. The van der Waals surface area contributed by atoms with Crippen LogP contribution >= 0.6 is 0 Å². The molecule has 0 aliphatic heterocycles. The average molecular weight is 364 g/mol. The molecule has 2 aromatic heterocycles. The molecule has 5 aromatic rings. The molecular weight excluding hydrogens is 344 g/mol. The van der Waals surface area contributed by atoms with Gasteiger partial charge in [-0.2, -0.15) is 0 Å². The highest BCUT2D eigenvalue weighted by atomic mass is 16.5. The summed E-state index contributed by atoms with van der Waals surface area (Å²) in [5.41, 5.74) is 5.48. The van der Waals surface area contributed by atoms with Crippen molar-refractivity contribution in [3.8, 4) is 28.1 Å². The molecule has 0 aliphatic carbocycles. The molecule has 3 nitrogen and oxygen atoms in total. The van der Waals surface area contributed by atoms with Gasteiger partial charge in [-0.15, -0.1) is 0 Å². The highest BCUT2D eigenvalue weighted by Gasteiger charge is 2.09. The minimum atomic E-state index is 0.667. The number of nitrogens with zero attached hydrogens (tertiary/aromatic N) is 2. The molecular formula is C25H20N2O. The second-order valence-electron chi connectivity index (χ2n) is 6.80. The van der Waals surface area contributed by atoms with Crippen LogP contribution in [0.1, 0.15) is 6.92 Å². The van der Waals surface area contributed by atoms with E-state index in [1.807, 2.05) is 19.1 Å². The largest absolute Gasteiger partial charge is 0.494 e. The first kappa shape index (κ1) is 16.6. The van der Waals surface area contributed by atoms with Crippen LogP contribution in [0, 0.1) is 0 Å². The number of imidazole rings is 1. The van der Waals surface area contributed by atoms with Gasteiger partial charge >= 0.3 is 0 Å². The van der Waals surface area contributed by atoms with E-state index in [-0.39, 0.29) is 0 Å².